The average molecular weight is 329 g/mol. The molecule has 0 saturated carbocycles. The van der Waals surface area contributed by atoms with Crippen LogP contribution >= 0.6 is 0 Å². The van der Waals surface area contributed by atoms with Gasteiger partial charge in [-0.05, 0) is 18.2 Å². The summed E-state index contributed by atoms with van der Waals surface area (Å²) in [6.07, 6.45) is 1.50. The first-order valence-corrected chi connectivity index (χ1v) is 7.52. The number of carbonyl (C=O) groups excluding carboxylic acids is 2. The van der Waals surface area contributed by atoms with Crippen molar-refractivity contribution in [1.82, 2.24) is 19.9 Å². The molecule has 9 nitrogen and oxygen atoms in total. The van der Waals surface area contributed by atoms with Crippen LogP contribution in [0, 0.1) is 0 Å². The van der Waals surface area contributed by atoms with Crippen molar-refractivity contribution in [3.63, 3.8) is 0 Å². The summed E-state index contributed by atoms with van der Waals surface area (Å²) in [5.41, 5.74) is 5.82. The predicted molar refractivity (Wildman–Crippen MR) is 80.9 cm³/mol. The molecule has 0 radical (unpaired) electrons. The largest absolute Gasteiger partial charge is 0.486 e. The Morgan fingerprint density at radius 3 is 2.62 bits per heavy atom. The van der Waals surface area contributed by atoms with Gasteiger partial charge >= 0.3 is 0 Å². The normalized spacial score (nSPS) is 16.6. The molecular formula is C15H15N5O4. The van der Waals surface area contributed by atoms with Gasteiger partial charge in [0, 0.05) is 18.7 Å². The third-order valence-electron chi connectivity index (χ3n) is 4.08. The van der Waals surface area contributed by atoms with Gasteiger partial charge in [-0.1, -0.05) is 5.21 Å². The highest BCUT2D eigenvalue weighted by atomic mass is 16.6. The van der Waals surface area contributed by atoms with Gasteiger partial charge in [0.2, 0.25) is 0 Å². The van der Waals surface area contributed by atoms with Crippen molar-refractivity contribution >= 4 is 11.8 Å². The predicted octanol–water partition coefficient (Wildman–Crippen LogP) is -0.155. The van der Waals surface area contributed by atoms with Gasteiger partial charge in [0.05, 0.1) is 12.2 Å². The Labute approximate surface area is 136 Å². The number of aromatic nitrogens is 3. The van der Waals surface area contributed by atoms with E-state index in [-0.39, 0.29) is 17.6 Å². The van der Waals surface area contributed by atoms with Gasteiger partial charge in [0.25, 0.3) is 11.8 Å². The lowest BCUT2D eigenvalue weighted by Gasteiger charge is -2.39. The maximum absolute atomic E-state index is 12.5. The number of hydrogen-bond donors (Lipinski definition) is 1. The summed E-state index contributed by atoms with van der Waals surface area (Å²) in [5.74, 6) is 0.538. The summed E-state index contributed by atoms with van der Waals surface area (Å²) < 4.78 is 12.5. The Bertz CT molecular complexity index is 812. The quantitative estimate of drug-likeness (QED) is 0.837. The van der Waals surface area contributed by atoms with Crippen molar-refractivity contribution in [2.45, 2.75) is 6.04 Å². The molecular weight excluding hydrogens is 314 g/mol. The number of ether oxygens (including phenoxy) is 2. The molecule has 2 aliphatic rings. The lowest BCUT2D eigenvalue weighted by molar-refractivity contribution is 0.0497. The zero-order valence-electron chi connectivity index (χ0n) is 12.7. The number of hydrogen-bond acceptors (Lipinski definition) is 6. The van der Waals surface area contributed by atoms with E-state index in [1.807, 2.05) is 0 Å². The van der Waals surface area contributed by atoms with Crippen LogP contribution in [0.4, 0.5) is 0 Å². The van der Waals surface area contributed by atoms with E-state index in [1.165, 1.54) is 6.20 Å². The van der Waals surface area contributed by atoms with Gasteiger partial charge in [0.15, 0.2) is 17.2 Å². The first-order valence-electron chi connectivity index (χ1n) is 7.52. The van der Waals surface area contributed by atoms with E-state index in [0.717, 1.165) is 0 Å². The third-order valence-corrected chi connectivity index (χ3v) is 4.08. The van der Waals surface area contributed by atoms with E-state index in [2.05, 4.69) is 10.3 Å². The van der Waals surface area contributed by atoms with Crippen LogP contribution in [0.2, 0.25) is 0 Å². The van der Waals surface area contributed by atoms with E-state index in [0.29, 0.717) is 43.4 Å². The summed E-state index contributed by atoms with van der Waals surface area (Å²) in [6, 6.07) is 5.16. The fourth-order valence-electron chi connectivity index (χ4n) is 2.72. The Kier molecular flexibility index (Phi) is 3.33. The molecule has 1 saturated heterocycles. The van der Waals surface area contributed by atoms with Gasteiger partial charge in [0.1, 0.15) is 13.2 Å². The fourth-order valence-corrected chi connectivity index (χ4v) is 2.72. The van der Waals surface area contributed by atoms with E-state index >= 15 is 0 Å². The summed E-state index contributed by atoms with van der Waals surface area (Å²) in [5, 5.41) is 7.57. The number of nitrogens with two attached hydrogens (primary N) is 1. The number of carbonyl (C=O) groups is 2. The maximum atomic E-state index is 12.5. The highest BCUT2D eigenvalue weighted by Gasteiger charge is 2.34. The zero-order chi connectivity index (χ0) is 16.7. The zero-order valence-corrected chi connectivity index (χ0v) is 12.7. The summed E-state index contributed by atoms with van der Waals surface area (Å²) >= 11 is 0. The highest BCUT2D eigenvalue weighted by Crippen LogP contribution is 2.32. The van der Waals surface area contributed by atoms with Gasteiger partial charge in [-0.2, -0.15) is 0 Å². The first kappa shape index (κ1) is 14.5. The first-order chi connectivity index (χ1) is 11.6. The van der Waals surface area contributed by atoms with Crippen molar-refractivity contribution in [2.75, 3.05) is 26.3 Å². The summed E-state index contributed by atoms with van der Waals surface area (Å²) in [7, 11) is 0. The second-order valence-corrected chi connectivity index (χ2v) is 5.67. The van der Waals surface area contributed by atoms with Crippen molar-refractivity contribution in [3.8, 4) is 11.5 Å². The molecule has 124 valence electrons. The van der Waals surface area contributed by atoms with Crippen molar-refractivity contribution < 1.29 is 19.1 Å². The molecule has 0 unspecified atom stereocenters. The third kappa shape index (κ3) is 2.43. The molecule has 24 heavy (non-hydrogen) atoms. The molecule has 3 heterocycles. The Morgan fingerprint density at radius 2 is 1.92 bits per heavy atom. The topological polar surface area (TPSA) is 113 Å². The van der Waals surface area contributed by atoms with Crippen molar-refractivity contribution in [2.24, 2.45) is 5.73 Å². The lowest BCUT2D eigenvalue weighted by atomic mass is 10.1. The minimum Gasteiger partial charge on any atom is -0.486 e. The van der Waals surface area contributed by atoms with Crippen LogP contribution in [-0.4, -0.2) is 58.0 Å². The van der Waals surface area contributed by atoms with Gasteiger partial charge in [-0.25, -0.2) is 4.68 Å². The molecule has 4 rings (SSSR count). The van der Waals surface area contributed by atoms with E-state index in [1.54, 1.807) is 27.8 Å². The Hall–Kier alpha value is -3.10. The molecule has 0 bridgehead atoms. The number of rotatable bonds is 3. The van der Waals surface area contributed by atoms with Crippen LogP contribution in [0.25, 0.3) is 0 Å². The molecule has 0 atom stereocenters. The monoisotopic (exact) mass is 329 g/mol. The molecule has 9 heteroatoms. The lowest BCUT2D eigenvalue weighted by Crippen LogP contribution is -2.50. The molecule has 1 aromatic heterocycles. The van der Waals surface area contributed by atoms with E-state index in [4.69, 9.17) is 15.2 Å². The molecule has 0 aliphatic carbocycles. The number of nitrogens with zero attached hydrogens (tertiary/aromatic N) is 4. The Balaban J connectivity index is 1.42. The smallest absolute Gasteiger partial charge is 0.270 e. The van der Waals surface area contributed by atoms with Crippen LogP contribution in [0.1, 0.15) is 26.9 Å². The minimum atomic E-state index is -0.621. The second kappa shape index (κ2) is 5.52. The number of amides is 2. The van der Waals surface area contributed by atoms with E-state index < -0.39 is 5.91 Å². The number of fused-ring (bicyclic) bond motifs is 1. The van der Waals surface area contributed by atoms with Gasteiger partial charge in [-0.3, -0.25) is 9.59 Å². The van der Waals surface area contributed by atoms with Crippen molar-refractivity contribution in [3.05, 3.63) is 35.7 Å². The molecule has 0 spiro atoms. The molecule has 2 amide bonds. The molecule has 2 N–H and O–H groups in total. The molecule has 1 aromatic carbocycles. The van der Waals surface area contributed by atoms with Crippen LogP contribution < -0.4 is 15.2 Å². The molecule has 2 aliphatic heterocycles. The second-order valence-electron chi connectivity index (χ2n) is 5.67. The molecule has 1 fully saturated rings. The number of likely N-dealkylation sites (tertiary alicyclic amines) is 1. The Morgan fingerprint density at radius 1 is 1.17 bits per heavy atom. The van der Waals surface area contributed by atoms with Crippen LogP contribution in [-0.2, 0) is 0 Å². The highest BCUT2D eigenvalue weighted by molar-refractivity contribution is 5.95. The van der Waals surface area contributed by atoms with E-state index in [9.17, 15) is 9.59 Å². The van der Waals surface area contributed by atoms with Crippen LogP contribution in [0.3, 0.4) is 0 Å². The van der Waals surface area contributed by atoms with Gasteiger partial charge < -0.3 is 20.1 Å². The van der Waals surface area contributed by atoms with Crippen molar-refractivity contribution in [1.29, 1.82) is 0 Å². The summed E-state index contributed by atoms with van der Waals surface area (Å²) in [4.78, 5) is 25.2. The molecule has 2 aromatic rings. The average Bonchev–Trinajstić information content (AvgIpc) is 3.03. The summed E-state index contributed by atoms with van der Waals surface area (Å²) in [6.45, 7) is 1.98. The number of primary amides is 1. The minimum absolute atomic E-state index is 0.00763. The SMILES string of the molecule is NC(=O)c1cn(C2CN(C(=O)c3ccc4c(c3)OCCO4)C2)nn1. The van der Waals surface area contributed by atoms with Gasteiger partial charge in [-0.15, -0.1) is 5.10 Å². The number of benzene rings is 1. The maximum Gasteiger partial charge on any atom is 0.270 e. The fraction of sp³-hybridized carbons (Fsp3) is 0.333. The van der Waals surface area contributed by atoms with Crippen LogP contribution in [0.5, 0.6) is 11.5 Å². The van der Waals surface area contributed by atoms with Crippen LogP contribution in [0.15, 0.2) is 24.4 Å². The standard InChI is InChI=1S/C15H15N5O4/c16-14(21)11-8-20(18-17-11)10-6-19(7-10)15(22)9-1-2-12-13(5-9)24-4-3-23-12/h1-2,5,8,10H,3-4,6-7H2,(H2,16,21).